The molecule has 0 aromatic heterocycles. The minimum atomic E-state index is -3.68. The Morgan fingerprint density at radius 2 is 2.03 bits per heavy atom. The molecule has 0 amide bonds. The van der Waals surface area contributed by atoms with Crippen LogP contribution in [0.1, 0.15) is 52.0 Å². The molecule has 10 heteroatoms. The molecule has 32 heavy (non-hydrogen) atoms. The highest BCUT2D eigenvalue weighted by Crippen LogP contribution is 2.27. The van der Waals surface area contributed by atoms with E-state index in [4.69, 9.17) is 14.7 Å². The number of ether oxygens (including phenoxy) is 1. The maximum atomic E-state index is 13.3. The minimum absolute atomic E-state index is 0.202. The second kappa shape index (κ2) is 9.30. The van der Waals surface area contributed by atoms with Crippen LogP contribution in [0.3, 0.4) is 0 Å². The van der Waals surface area contributed by atoms with Gasteiger partial charge in [0.15, 0.2) is 11.5 Å². The van der Waals surface area contributed by atoms with Crippen molar-refractivity contribution in [2.24, 2.45) is 9.98 Å². The van der Waals surface area contributed by atoms with Gasteiger partial charge in [0.1, 0.15) is 18.0 Å². The Morgan fingerprint density at radius 1 is 1.28 bits per heavy atom. The number of nitrogens with one attached hydrogen (secondary N) is 2. The number of rotatable bonds is 7. The summed E-state index contributed by atoms with van der Waals surface area (Å²) in [6, 6.07) is 4.93. The van der Waals surface area contributed by atoms with Gasteiger partial charge in [-0.3, -0.25) is 4.99 Å². The Balaban J connectivity index is 1.68. The number of piperidine rings is 1. The molecule has 9 nitrogen and oxygen atoms in total. The first-order chi connectivity index (χ1) is 15.3. The molecule has 0 aliphatic carbocycles. The van der Waals surface area contributed by atoms with E-state index in [9.17, 15) is 13.5 Å². The van der Waals surface area contributed by atoms with E-state index in [-0.39, 0.29) is 4.90 Å². The summed E-state index contributed by atoms with van der Waals surface area (Å²) in [4.78, 5) is 9.61. The molecule has 1 aromatic carbocycles. The third-order valence-corrected chi connectivity index (χ3v) is 7.92. The summed E-state index contributed by atoms with van der Waals surface area (Å²) in [6.07, 6.45) is 2.31. The van der Waals surface area contributed by atoms with Gasteiger partial charge in [0.05, 0.1) is 23.2 Å². The summed E-state index contributed by atoms with van der Waals surface area (Å²) >= 11 is 0. The van der Waals surface area contributed by atoms with Crippen LogP contribution >= 0.6 is 0 Å². The highest BCUT2D eigenvalue weighted by atomic mass is 32.2. The summed E-state index contributed by atoms with van der Waals surface area (Å²) in [5.74, 6) is 2.20. The lowest BCUT2D eigenvalue weighted by molar-refractivity contribution is -0.803. The summed E-state index contributed by atoms with van der Waals surface area (Å²) in [7, 11) is -3.68. The van der Waals surface area contributed by atoms with Gasteiger partial charge in [-0.2, -0.15) is 14.3 Å². The number of sulfonamides is 1. The fourth-order valence-corrected chi connectivity index (χ4v) is 5.77. The van der Waals surface area contributed by atoms with E-state index in [1.807, 2.05) is 13.8 Å². The van der Waals surface area contributed by atoms with Crippen molar-refractivity contribution in [1.29, 1.82) is 0 Å². The molecule has 3 N–H and O–H groups in total. The Morgan fingerprint density at radius 3 is 2.72 bits per heavy atom. The molecule has 3 aliphatic heterocycles. The molecule has 0 saturated carbocycles. The van der Waals surface area contributed by atoms with Crippen LogP contribution in [-0.4, -0.2) is 61.8 Å². The molecule has 3 heterocycles. The minimum Gasteiger partial charge on any atom is -0.493 e. The maximum Gasteiger partial charge on any atom is 0.243 e. The number of hydrogen-bond donors (Lipinski definition) is 3. The van der Waals surface area contributed by atoms with Crippen LogP contribution in [0.25, 0.3) is 0 Å². The van der Waals surface area contributed by atoms with Gasteiger partial charge >= 0.3 is 0 Å². The Hall–Kier alpha value is -2.27. The zero-order chi connectivity index (χ0) is 22.9. The first kappa shape index (κ1) is 22.9. The smallest absolute Gasteiger partial charge is 0.243 e. The highest BCUT2D eigenvalue weighted by molar-refractivity contribution is 7.89. The zero-order valence-electron chi connectivity index (χ0n) is 18.9. The zero-order valence-corrected chi connectivity index (χ0v) is 19.7. The topological polar surface area (TPSA) is 108 Å². The molecule has 1 fully saturated rings. The molecule has 1 atom stereocenters. The van der Waals surface area contributed by atoms with Crippen LogP contribution in [-0.2, 0) is 10.0 Å². The van der Waals surface area contributed by atoms with Gasteiger partial charge in [-0.15, -0.1) is 0 Å². The molecule has 0 radical (unpaired) electrons. The van der Waals surface area contributed by atoms with Crippen LogP contribution in [0.5, 0.6) is 5.75 Å². The monoisotopic (exact) mass is 462 g/mol. The van der Waals surface area contributed by atoms with Gasteiger partial charge in [0.25, 0.3) is 0 Å². The fraction of sp³-hybridized carbons (Fsp3) is 0.545. The van der Waals surface area contributed by atoms with Crippen LogP contribution < -0.4 is 15.2 Å². The molecule has 1 unspecified atom stereocenters. The first-order valence-electron chi connectivity index (χ1n) is 11.3. The Bertz CT molecular complexity index is 1070. The molecule has 1 aromatic rings. The number of aliphatic hydroxyl groups excluding tert-OH is 1. The molecule has 0 bridgehead atoms. The fourth-order valence-electron chi connectivity index (χ4n) is 4.28. The molecule has 0 spiro atoms. The van der Waals surface area contributed by atoms with Crippen molar-refractivity contribution >= 4 is 21.7 Å². The van der Waals surface area contributed by atoms with E-state index in [1.165, 1.54) is 4.31 Å². The number of nitrogens with zero attached hydrogens (tertiary/aromatic N) is 3. The van der Waals surface area contributed by atoms with Crippen molar-refractivity contribution in [2.45, 2.75) is 57.5 Å². The summed E-state index contributed by atoms with van der Waals surface area (Å²) in [5, 5.41) is 10.7. The number of fused-ring (bicyclic) bond motifs is 1. The molecule has 174 valence electrons. The number of aliphatic imine (C=N–C) groups is 2. The lowest BCUT2D eigenvalue weighted by atomic mass is 10.1. The van der Waals surface area contributed by atoms with E-state index >= 15 is 0 Å². The number of benzene rings is 1. The number of quaternary nitrogens is 1. The van der Waals surface area contributed by atoms with E-state index in [1.54, 1.807) is 18.2 Å². The summed E-state index contributed by atoms with van der Waals surface area (Å²) in [5.41, 5.74) is 6.11. The third-order valence-electron chi connectivity index (χ3n) is 6.02. The number of hydrogen-bond acceptors (Lipinski definition) is 7. The third kappa shape index (κ3) is 4.32. The van der Waals surface area contributed by atoms with Crippen molar-refractivity contribution in [1.82, 2.24) is 9.73 Å². The summed E-state index contributed by atoms with van der Waals surface area (Å²) in [6.45, 7) is 7.59. The predicted molar refractivity (Wildman–Crippen MR) is 122 cm³/mol. The van der Waals surface area contributed by atoms with Gasteiger partial charge in [0, 0.05) is 19.5 Å². The van der Waals surface area contributed by atoms with Gasteiger partial charge in [-0.1, -0.05) is 6.92 Å². The largest absolute Gasteiger partial charge is 0.493 e. The number of allylic oxidation sites excluding steroid dienone is 1. The average Bonchev–Trinajstić information content (AvgIpc) is 3.09. The predicted octanol–water partition coefficient (Wildman–Crippen LogP) is 0.824. The second-order valence-electron chi connectivity index (χ2n) is 8.26. The molecular formula is C22H32N5O4S+. The van der Waals surface area contributed by atoms with E-state index in [2.05, 4.69) is 12.3 Å². The quantitative estimate of drug-likeness (QED) is 0.556. The molecule has 3 aliphatic rings. The Kier molecular flexibility index (Phi) is 6.66. The van der Waals surface area contributed by atoms with E-state index in [0.29, 0.717) is 56.2 Å². The van der Waals surface area contributed by atoms with Gasteiger partial charge < -0.3 is 9.84 Å². The Labute approximate surface area is 189 Å². The number of amidine groups is 2. The summed E-state index contributed by atoms with van der Waals surface area (Å²) < 4.78 is 33.8. The first-order valence-corrected chi connectivity index (χ1v) is 12.7. The van der Waals surface area contributed by atoms with Crippen LogP contribution in [0, 0.1) is 0 Å². The molecule has 4 rings (SSSR count). The average molecular weight is 463 g/mol. The lowest BCUT2D eigenvalue weighted by Gasteiger charge is -2.29. The maximum absolute atomic E-state index is 13.3. The van der Waals surface area contributed by atoms with Crippen molar-refractivity contribution in [3.8, 4) is 5.75 Å². The van der Waals surface area contributed by atoms with Crippen LogP contribution in [0.2, 0.25) is 0 Å². The number of aliphatic hydroxyl groups is 1. The lowest BCUT2D eigenvalue weighted by Crippen LogP contribution is -3.20. The van der Waals surface area contributed by atoms with Crippen molar-refractivity contribution in [2.75, 3.05) is 26.2 Å². The van der Waals surface area contributed by atoms with Crippen molar-refractivity contribution < 1.29 is 23.3 Å². The molecule has 1 saturated heterocycles. The van der Waals surface area contributed by atoms with Crippen molar-refractivity contribution in [3.63, 3.8) is 0 Å². The van der Waals surface area contributed by atoms with Crippen LogP contribution in [0.4, 0.5) is 0 Å². The normalized spacial score (nSPS) is 22.3. The van der Waals surface area contributed by atoms with Gasteiger partial charge in [-0.05, 0) is 51.3 Å². The highest BCUT2D eigenvalue weighted by Gasteiger charge is 2.36. The SMILES string of the molecule is CCCC1=NC(C)=C2CN=C(c3cc(S(=O)(=O)N4CCC(O)CC4)ccc3OCC)N[NH+]12. The van der Waals surface area contributed by atoms with E-state index in [0.717, 1.165) is 35.1 Å². The second-order valence-corrected chi connectivity index (χ2v) is 10.2. The standard InChI is InChI=1S/C22H31N5O4S/c1-4-6-21-24-15(3)19-14-23-22(25-27(19)21)18-13-17(7-8-20(18)31-5-2)32(29,30)26-11-9-16(28)10-12-26/h7-8,13,16,28H,4-6,9-12,14H2,1-3H3,(H,23,25)/p+1. The van der Waals surface area contributed by atoms with Gasteiger partial charge in [0.2, 0.25) is 15.9 Å². The van der Waals surface area contributed by atoms with Gasteiger partial charge in [-0.25, -0.2) is 13.8 Å². The van der Waals surface area contributed by atoms with Crippen LogP contribution in [0.15, 0.2) is 44.5 Å². The van der Waals surface area contributed by atoms with Crippen molar-refractivity contribution in [3.05, 3.63) is 35.2 Å². The van der Waals surface area contributed by atoms with E-state index < -0.39 is 16.1 Å². The molecular weight excluding hydrogens is 430 g/mol.